The van der Waals surface area contributed by atoms with Crippen LogP contribution in [0.2, 0.25) is 0 Å². The number of ether oxygens (including phenoxy) is 1. The van der Waals surface area contributed by atoms with Crippen molar-refractivity contribution in [1.82, 2.24) is 5.32 Å². The van der Waals surface area contributed by atoms with Gasteiger partial charge in [0, 0.05) is 13.1 Å². The predicted octanol–water partition coefficient (Wildman–Crippen LogP) is 2.44. The molecule has 0 heterocycles. The van der Waals surface area contributed by atoms with Crippen LogP contribution < -0.4 is 15.8 Å². The van der Waals surface area contributed by atoms with Crippen LogP contribution in [0.4, 0.5) is 0 Å². The molecule has 1 amide bonds. The first-order chi connectivity index (χ1) is 10.6. The Morgan fingerprint density at radius 3 is 2.45 bits per heavy atom. The molecule has 0 aliphatic heterocycles. The number of carbonyl (C=O) groups excluding carboxylic acids is 1. The molecule has 4 heteroatoms. The molecule has 1 unspecified atom stereocenters. The molecule has 0 bridgehead atoms. The number of hydrogen-bond acceptors (Lipinski definition) is 3. The first-order valence-corrected chi connectivity index (χ1v) is 7.41. The van der Waals surface area contributed by atoms with Gasteiger partial charge in [0.1, 0.15) is 5.75 Å². The Morgan fingerprint density at radius 1 is 1.14 bits per heavy atom. The molecule has 0 aromatic heterocycles. The maximum absolute atomic E-state index is 10.6. The minimum Gasteiger partial charge on any atom is -0.484 e. The third-order valence-electron chi connectivity index (χ3n) is 3.45. The Hall–Kier alpha value is -2.33. The fraction of sp³-hybridized carbons (Fsp3) is 0.278. The number of benzene rings is 2. The highest BCUT2D eigenvalue weighted by Gasteiger charge is 2.04. The normalized spacial score (nSPS) is 11.9. The van der Waals surface area contributed by atoms with Gasteiger partial charge >= 0.3 is 0 Å². The van der Waals surface area contributed by atoms with Crippen LogP contribution in [-0.2, 0) is 11.3 Å². The molecule has 0 aliphatic rings. The van der Waals surface area contributed by atoms with Crippen molar-refractivity contribution < 1.29 is 9.53 Å². The minimum absolute atomic E-state index is 0.0911. The fourth-order valence-corrected chi connectivity index (χ4v) is 2.19. The van der Waals surface area contributed by atoms with Gasteiger partial charge in [-0.1, -0.05) is 49.4 Å². The summed E-state index contributed by atoms with van der Waals surface area (Å²) in [7, 11) is 0. The summed E-state index contributed by atoms with van der Waals surface area (Å²) in [6, 6.07) is 18.1. The van der Waals surface area contributed by atoms with Crippen LogP contribution in [0.25, 0.3) is 0 Å². The van der Waals surface area contributed by atoms with Crippen LogP contribution in [-0.4, -0.2) is 19.1 Å². The number of amides is 1. The zero-order chi connectivity index (χ0) is 15.8. The highest BCUT2D eigenvalue weighted by atomic mass is 16.5. The lowest BCUT2D eigenvalue weighted by atomic mass is 10.0. The number of hydrogen-bond donors (Lipinski definition) is 2. The molecule has 116 valence electrons. The molecule has 4 nitrogen and oxygen atoms in total. The zero-order valence-corrected chi connectivity index (χ0v) is 12.8. The number of nitrogens with two attached hydrogens (primary N) is 1. The van der Waals surface area contributed by atoms with Crippen LogP contribution >= 0.6 is 0 Å². The van der Waals surface area contributed by atoms with Gasteiger partial charge in [-0.3, -0.25) is 4.79 Å². The molecular weight excluding hydrogens is 276 g/mol. The van der Waals surface area contributed by atoms with Crippen LogP contribution in [0, 0.1) is 0 Å². The number of rotatable bonds is 8. The predicted molar refractivity (Wildman–Crippen MR) is 87.7 cm³/mol. The SMILES string of the molecule is CC(CNCc1ccc(OCC(N)=O)cc1)c1ccccc1. The second-order valence-electron chi connectivity index (χ2n) is 5.34. The highest BCUT2D eigenvalue weighted by Crippen LogP contribution is 2.14. The summed E-state index contributed by atoms with van der Waals surface area (Å²) in [6.07, 6.45) is 0. The van der Waals surface area contributed by atoms with Crippen molar-refractivity contribution in [3.63, 3.8) is 0 Å². The molecule has 1 atom stereocenters. The second kappa shape index (κ2) is 8.20. The summed E-state index contributed by atoms with van der Waals surface area (Å²) in [5, 5.41) is 3.45. The molecule has 2 aromatic carbocycles. The topological polar surface area (TPSA) is 64.3 Å². The Bertz CT molecular complexity index is 582. The summed E-state index contributed by atoms with van der Waals surface area (Å²) in [6.45, 7) is 3.84. The average molecular weight is 298 g/mol. The van der Waals surface area contributed by atoms with Gasteiger partial charge in [-0.25, -0.2) is 0 Å². The number of carbonyl (C=O) groups is 1. The zero-order valence-electron chi connectivity index (χ0n) is 12.8. The van der Waals surface area contributed by atoms with E-state index in [9.17, 15) is 4.79 Å². The summed E-state index contributed by atoms with van der Waals surface area (Å²) in [4.78, 5) is 10.6. The second-order valence-corrected chi connectivity index (χ2v) is 5.34. The maximum Gasteiger partial charge on any atom is 0.255 e. The van der Waals surface area contributed by atoms with E-state index in [1.54, 1.807) is 0 Å². The molecule has 22 heavy (non-hydrogen) atoms. The van der Waals surface area contributed by atoms with Crippen LogP contribution in [0.1, 0.15) is 24.0 Å². The third kappa shape index (κ3) is 5.22. The molecule has 2 rings (SSSR count). The Morgan fingerprint density at radius 2 is 1.82 bits per heavy atom. The molecular formula is C18H22N2O2. The quantitative estimate of drug-likeness (QED) is 0.787. The summed E-state index contributed by atoms with van der Waals surface area (Å²) in [5.41, 5.74) is 7.55. The Kier molecular flexibility index (Phi) is 5.98. The van der Waals surface area contributed by atoms with Gasteiger partial charge in [-0.05, 0) is 29.2 Å². The van der Waals surface area contributed by atoms with E-state index < -0.39 is 5.91 Å². The number of nitrogens with one attached hydrogen (secondary N) is 1. The van der Waals surface area contributed by atoms with Gasteiger partial charge in [0.25, 0.3) is 5.91 Å². The summed E-state index contributed by atoms with van der Waals surface area (Å²) in [5.74, 6) is 0.653. The number of primary amides is 1. The van der Waals surface area contributed by atoms with Crippen molar-refractivity contribution in [3.05, 3.63) is 65.7 Å². The lowest BCUT2D eigenvalue weighted by Gasteiger charge is -2.13. The molecule has 2 aromatic rings. The molecule has 0 saturated heterocycles. The third-order valence-corrected chi connectivity index (χ3v) is 3.45. The van der Waals surface area contributed by atoms with E-state index in [-0.39, 0.29) is 6.61 Å². The van der Waals surface area contributed by atoms with E-state index in [1.165, 1.54) is 11.1 Å². The van der Waals surface area contributed by atoms with Crippen molar-refractivity contribution in [2.75, 3.05) is 13.2 Å². The minimum atomic E-state index is -0.472. The van der Waals surface area contributed by atoms with Crippen LogP contribution in [0.5, 0.6) is 5.75 Å². The molecule has 0 aliphatic carbocycles. The van der Waals surface area contributed by atoms with E-state index in [1.807, 2.05) is 30.3 Å². The molecule has 3 N–H and O–H groups in total. The molecule has 0 spiro atoms. The first kappa shape index (κ1) is 16.0. The highest BCUT2D eigenvalue weighted by molar-refractivity contribution is 5.75. The van der Waals surface area contributed by atoms with Gasteiger partial charge in [-0.15, -0.1) is 0 Å². The van der Waals surface area contributed by atoms with Crippen LogP contribution in [0.3, 0.4) is 0 Å². The maximum atomic E-state index is 10.6. The van der Waals surface area contributed by atoms with Gasteiger partial charge in [0.05, 0.1) is 0 Å². The van der Waals surface area contributed by atoms with Crippen molar-refractivity contribution in [1.29, 1.82) is 0 Å². The largest absolute Gasteiger partial charge is 0.484 e. The van der Waals surface area contributed by atoms with Gasteiger partial charge in [0.2, 0.25) is 0 Å². The van der Waals surface area contributed by atoms with E-state index in [2.05, 4.69) is 36.5 Å². The monoisotopic (exact) mass is 298 g/mol. The fourth-order valence-electron chi connectivity index (χ4n) is 2.19. The van der Waals surface area contributed by atoms with Crippen LogP contribution in [0.15, 0.2) is 54.6 Å². The van der Waals surface area contributed by atoms with Crippen molar-refractivity contribution in [2.45, 2.75) is 19.4 Å². The standard InChI is InChI=1S/C18H22N2O2/c1-14(16-5-3-2-4-6-16)11-20-12-15-7-9-17(10-8-15)22-13-18(19)21/h2-10,14,20H,11-13H2,1H3,(H2,19,21). The van der Waals surface area contributed by atoms with Crippen molar-refractivity contribution >= 4 is 5.91 Å². The smallest absolute Gasteiger partial charge is 0.255 e. The average Bonchev–Trinajstić information content (AvgIpc) is 2.55. The summed E-state index contributed by atoms with van der Waals surface area (Å²) < 4.78 is 5.23. The van der Waals surface area contributed by atoms with Gasteiger partial charge < -0.3 is 15.8 Å². The molecule has 0 radical (unpaired) electrons. The van der Waals surface area contributed by atoms with E-state index in [0.717, 1.165) is 13.1 Å². The van der Waals surface area contributed by atoms with Crippen molar-refractivity contribution in [3.8, 4) is 5.75 Å². The first-order valence-electron chi connectivity index (χ1n) is 7.41. The van der Waals surface area contributed by atoms with Gasteiger partial charge in [-0.2, -0.15) is 0 Å². The van der Waals surface area contributed by atoms with E-state index in [0.29, 0.717) is 11.7 Å². The molecule has 0 fully saturated rings. The Labute approximate surface area is 131 Å². The van der Waals surface area contributed by atoms with Crippen molar-refractivity contribution in [2.24, 2.45) is 5.73 Å². The van der Waals surface area contributed by atoms with Gasteiger partial charge in [0.15, 0.2) is 6.61 Å². The lowest BCUT2D eigenvalue weighted by molar-refractivity contribution is -0.119. The molecule has 0 saturated carbocycles. The summed E-state index contributed by atoms with van der Waals surface area (Å²) >= 11 is 0. The Balaban J connectivity index is 1.76. The van der Waals surface area contributed by atoms with E-state index in [4.69, 9.17) is 10.5 Å². The van der Waals surface area contributed by atoms with E-state index >= 15 is 0 Å². The lowest BCUT2D eigenvalue weighted by Crippen LogP contribution is -2.20.